The van der Waals surface area contributed by atoms with Crippen LogP contribution in [0.2, 0.25) is 0 Å². The minimum Gasteiger partial charge on any atom is -0.151 e. The molecule has 2 rings (SSSR count). The summed E-state index contributed by atoms with van der Waals surface area (Å²) in [5.74, 6) is 0. The van der Waals surface area contributed by atoms with E-state index in [0.717, 1.165) is 11.3 Å². The summed E-state index contributed by atoms with van der Waals surface area (Å²) in [4.78, 5) is 10.4. The molecule has 0 spiro atoms. The van der Waals surface area contributed by atoms with Gasteiger partial charge in [-0.05, 0) is 41.9 Å². The van der Waals surface area contributed by atoms with Gasteiger partial charge in [0.2, 0.25) is 0 Å². The van der Waals surface area contributed by atoms with Crippen LogP contribution in [0.5, 0.6) is 0 Å². The van der Waals surface area contributed by atoms with Crippen molar-refractivity contribution in [2.24, 2.45) is 15.4 Å². The highest BCUT2D eigenvalue weighted by Crippen LogP contribution is 2.26. The van der Waals surface area contributed by atoms with Crippen LogP contribution in [0, 0.1) is 11.8 Å². The van der Waals surface area contributed by atoms with Crippen molar-refractivity contribution in [2.75, 3.05) is 0 Å². The number of rotatable bonds is 3. The van der Waals surface area contributed by atoms with Crippen molar-refractivity contribution in [3.05, 3.63) is 59.0 Å². The van der Waals surface area contributed by atoms with Gasteiger partial charge in [0.15, 0.2) is 0 Å². The summed E-state index contributed by atoms with van der Waals surface area (Å²) in [6, 6.07) is 14.5. The Labute approximate surface area is 99.0 Å². The monoisotopic (exact) mass is 225 g/mol. The number of aryl methyl sites for hydroxylation is 1. The quantitative estimate of drug-likeness (QED) is 0.546. The average molecular weight is 225 g/mol. The van der Waals surface area contributed by atoms with Crippen molar-refractivity contribution in [3.63, 3.8) is 0 Å². The van der Waals surface area contributed by atoms with Crippen LogP contribution in [-0.2, 0) is 0 Å². The van der Waals surface area contributed by atoms with E-state index in [2.05, 4.69) is 15.4 Å². The molecule has 17 heavy (non-hydrogen) atoms. The lowest BCUT2D eigenvalue weighted by Crippen LogP contribution is -1.73. The fourth-order valence-corrected chi connectivity index (χ4v) is 1.37. The second kappa shape index (κ2) is 5.12. The number of nitrogens with zero attached hydrogens (tertiary/aromatic N) is 3. The number of azo groups is 1. The fraction of sp³-hybridized carbons (Fsp3) is 0.0769. The van der Waals surface area contributed by atoms with E-state index in [-0.39, 0.29) is 0 Å². The molecule has 0 amide bonds. The first-order valence-electron chi connectivity index (χ1n) is 5.20. The zero-order chi connectivity index (χ0) is 12.1. The van der Waals surface area contributed by atoms with E-state index in [4.69, 9.17) is 0 Å². The molecule has 0 radical (unpaired) electrons. The molecule has 0 saturated heterocycles. The first-order valence-corrected chi connectivity index (χ1v) is 5.20. The van der Waals surface area contributed by atoms with Crippen LogP contribution in [0.15, 0.2) is 63.9 Å². The average Bonchev–Trinajstić information content (AvgIpc) is 2.39. The maximum Gasteiger partial charge on any atom is 0.110 e. The fourth-order valence-electron chi connectivity index (χ4n) is 1.37. The maximum absolute atomic E-state index is 10.4. The Morgan fingerprint density at radius 2 is 1.65 bits per heavy atom. The molecular formula is C13H11N3O. The Morgan fingerprint density at radius 1 is 0.882 bits per heavy atom. The van der Waals surface area contributed by atoms with Crippen LogP contribution in [0.25, 0.3) is 0 Å². The van der Waals surface area contributed by atoms with E-state index in [1.165, 1.54) is 0 Å². The molecule has 0 heterocycles. The van der Waals surface area contributed by atoms with Gasteiger partial charge in [0.05, 0.1) is 11.4 Å². The molecule has 0 bridgehead atoms. The minimum absolute atomic E-state index is 0.359. The normalized spacial score (nSPS) is 10.6. The third-order valence-electron chi connectivity index (χ3n) is 2.33. The topological polar surface area (TPSA) is 54.1 Å². The molecule has 4 nitrogen and oxygen atoms in total. The molecule has 0 aliphatic rings. The number of nitroso groups, excluding NO2 is 1. The molecular weight excluding hydrogens is 214 g/mol. The third-order valence-corrected chi connectivity index (χ3v) is 2.33. The van der Waals surface area contributed by atoms with Gasteiger partial charge in [0, 0.05) is 0 Å². The van der Waals surface area contributed by atoms with Crippen molar-refractivity contribution in [1.29, 1.82) is 0 Å². The van der Waals surface area contributed by atoms with E-state index < -0.39 is 0 Å². The molecule has 0 aliphatic heterocycles. The summed E-state index contributed by atoms with van der Waals surface area (Å²) < 4.78 is 0. The highest BCUT2D eigenvalue weighted by atomic mass is 16.3. The lowest BCUT2D eigenvalue weighted by molar-refractivity contribution is 1.21. The van der Waals surface area contributed by atoms with E-state index in [9.17, 15) is 4.91 Å². The van der Waals surface area contributed by atoms with Gasteiger partial charge in [-0.2, -0.15) is 10.2 Å². The minimum atomic E-state index is 0.359. The third kappa shape index (κ3) is 2.81. The Kier molecular flexibility index (Phi) is 3.35. The van der Waals surface area contributed by atoms with Crippen LogP contribution in [-0.4, -0.2) is 0 Å². The van der Waals surface area contributed by atoms with E-state index >= 15 is 0 Å². The highest BCUT2D eigenvalue weighted by Gasteiger charge is 1.99. The lowest BCUT2D eigenvalue weighted by atomic mass is 10.2. The lowest BCUT2D eigenvalue weighted by Gasteiger charge is -1.98. The standard InChI is InChI=1S/C13H11N3O/c1-10-7-8-12(16-17)9-13(10)15-14-11-5-3-2-4-6-11/h2-9H,1H3/b15-14+. The smallest absolute Gasteiger partial charge is 0.110 e. The van der Waals surface area contributed by atoms with Gasteiger partial charge < -0.3 is 0 Å². The number of hydrogen-bond acceptors (Lipinski definition) is 4. The Hall–Kier alpha value is -2.36. The van der Waals surface area contributed by atoms with Gasteiger partial charge >= 0.3 is 0 Å². The molecule has 2 aromatic rings. The molecule has 0 atom stereocenters. The predicted molar refractivity (Wildman–Crippen MR) is 67.3 cm³/mol. The van der Waals surface area contributed by atoms with E-state index in [1.807, 2.05) is 37.3 Å². The first kappa shape index (κ1) is 11.1. The first-order chi connectivity index (χ1) is 8.29. The van der Waals surface area contributed by atoms with Crippen LogP contribution in [0.1, 0.15) is 5.56 Å². The molecule has 0 fully saturated rings. The SMILES string of the molecule is Cc1ccc(N=O)cc1/N=N/c1ccccc1. The van der Waals surface area contributed by atoms with Gasteiger partial charge in [-0.15, -0.1) is 4.91 Å². The summed E-state index contributed by atoms with van der Waals surface area (Å²) in [5, 5.41) is 11.1. The van der Waals surface area contributed by atoms with Crippen LogP contribution in [0.3, 0.4) is 0 Å². The summed E-state index contributed by atoms with van der Waals surface area (Å²) in [6.45, 7) is 1.91. The van der Waals surface area contributed by atoms with Gasteiger partial charge in [0.25, 0.3) is 0 Å². The predicted octanol–water partition coefficient (Wildman–Crippen LogP) is 4.81. The second-order valence-corrected chi connectivity index (χ2v) is 3.60. The van der Waals surface area contributed by atoms with Crippen molar-refractivity contribution in [2.45, 2.75) is 6.92 Å². The molecule has 0 aromatic heterocycles. The van der Waals surface area contributed by atoms with Crippen molar-refractivity contribution < 1.29 is 0 Å². The molecule has 0 saturated carbocycles. The Balaban J connectivity index is 2.29. The second-order valence-electron chi connectivity index (χ2n) is 3.60. The van der Waals surface area contributed by atoms with E-state index in [1.54, 1.807) is 18.2 Å². The Morgan fingerprint density at radius 3 is 2.35 bits per heavy atom. The van der Waals surface area contributed by atoms with Gasteiger partial charge in [-0.25, -0.2) is 0 Å². The van der Waals surface area contributed by atoms with Crippen molar-refractivity contribution >= 4 is 17.1 Å². The van der Waals surface area contributed by atoms with Gasteiger partial charge in [-0.3, -0.25) is 0 Å². The zero-order valence-corrected chi connectivity index (χ0v) is 9.37. The number of benzene rings is 2. The molecule has 2 aromatic carbocycles. The summed E-state index contributed by atoms with van der Waals surface area (Å²) in [7, 11) is 0. The Bertz CT molecular complexity index is 550. The van der Waals surface area contributed by atoms with E-state index in [0.29, 0.717) is 11.4 Å². The molecule has 84 valence electrons. The van der Waals surface area contributed by atoms with Gasteiger partial charge in [0.1, 0.15) is 5.69 Å². The summed E-state index contributed by atoms with van der Waals surface area (Å²) in [6.07, 6.45) is 0. The van der Waals surface area contributed by atoms with Crippen molar-refractivity contribution in [3.8, 4) is 0 Å². The van der Waals surface area contributed by atoms with Crippen molar-refractivity contribution in [1.82, 2.24) is 0 Å². The summed E-state index contributed by atoms with van der Waals surface area (Å²) in [5.41, 5.74) is 2.75. The molecule has 0 unspecified atom stereocenters. The summed E-state index contributed by atoms with van der Waals surface area (Å²) >= 11 is 0. The van der Waals surface area contributed by atoms with Crippen LogP contribution >= 0.6 is 0 Å². The molecule has 0 N–H and O–H groups in total. The van der Waals surface area contributed by atoms with Gasteiger partial charge in [-0.1, -0.05) is 24.3 Å². The maximum atomic E-state index is 10.4. The van der Waals surface area contributed by atoms with Crippen LogP contribution < -0.4 is 0 Å². The highest BCUT2D eigenvalue weighted by molar-refractivity contribution is 5.55. The number of hydrogen-bond donors (Lipinski definition) is 0. The molecule has 4 heteroatoms. The zero-order valence-electron chi connectivity index (χ0n) is 9.37. The largest absolute Gasteiger partial charge is 0.151 e. The molecule has 0 aliphatic carbocycles. The van der Waals surface area contributed by atoms with Crippen LogP contribution in [0.4, 0.5) is 17.1 Å².